The van der Waals surface area contributed by atoms with Crippen molar-refractivity contribution in [1.82, 2.24) is 4.90 Å². The van der Waals surface area contributed by atoms with Crippen LogP contribution in [0.1, 0.15) is 42.5 Å². The van der Waals surface area contributed by atoms with Crippen molar-refractivity contribution < 1.29 is 4.74 Å². The zero-order chi connectivity index (χ0) is 17.4. The lowest BCUT2D eigenvalue weighted by atomic mass is 10.0. The van der Waals surface area contributed by atoms with Crippen LogP contribution in [0, 0.1) is 6.92 Å². The second kappa shape index (κ2) is 9.45. The number of hydrogen-bond acceptors (Lipinski definition) is 3. The molecule has 0 aliphatic carbocycles. The van der Waals surface area contributed by atoms with E-state index in [9.17, 15) is 0 Å². The summed E-state index contributed by atoms with van der Waals surface area (Å²) in [6.07, 6.45) is 2.39. The minimum Gasteiger partial charge on any atom is -0.489 e. The van der Waals surface area contributed by atoms with E-state index in [2.05, 4.69) is 68.3 Å². The summed E-state index contributed by atoms with van der Waals surface area (Å²) in [6, 6.07) is 16.9. The molecule has 0 aliphatic heterocycles. The highest BCUT2D eigenvalue weighted by atomic mass is 16.5. The molecule has 3 nitrogen and oxygen atoms in total. The average molecular weight is 326 g/mol. The van der Waals surface area contributed by atoms with Gasteiger partial charge in [0, 0.05) is 12.6 Å². The number of nitrogens with two attached hydrogens (primary N) is 1. The Bertz CT molecular complexity index is 627. The minimum atomic E-state index is 0.235. The molecular weight excluding hydrogens is 296 g/mol. The molecule has 0 saturated heterocycles. The molecule has 1 unspecified atom stereocenters. The number of likely N-dealkylation sites (N-methyl/N-ethyl adjacent to an activating group) is 1. The summed E-state index contributed by atoms with van der Waals surface area (Å²) in [7, 11) is 2.15. The second-order valence-corrected chi connectivity index (χ2v) is 6.37. The number of ether oxygens (including phenoxy) is 1. The maximum absolute atomic E-state index is 6.03. The summed E-state index contributed by atoms with van der Waals surface area (Å²) in [5, 5.41) is 0. The van der Waals surface area contributed by atoms with E-state index in [1.54, 1.807) is 0 Å². The van der Waals surface area contributed by atoms with E-state index in [1.165, 1.54) is 29.5 Å². The molecule has 0 bridgehead atoms. The van der Waals surface area contributed by atoms with Crippen molar-refractivity contribution >= 4 is 0 Å². The molecule has 0 heterocycles. The highest BCUT2D eigenvalue weighted by molar-refractivity contribution is 5.32. The van der Waals surface area contributed by atoms with Crippen LogP contribution in [-0.2, 0) is 6.61 Å². The second-order valence-electron chi connectivity index (χ2n) is 6.37. The normalized spacial score (nSPS) is 12.4. The summed E-state index contributed by atoms with van der Waals surface area (Å²) in [5.41, 5.74) is 9.73. The molecule has 0 aromatic heterocycles. The monoisotopic (exact) mass is 326 g/mol. The van der Waals surface area contributed by atoms with E-state index < -0.39 is 0 Å². The van der Waals surface area contributed by atoms with Crippen LogP contribution in [0.2, 0.25) is 0 Å². The molecule has 2 rings (SSSR count). The first-order valence-electron chi connectivity index (χ1n) is 8.83. The average Bonchev–Trinajstić information content (AvgIpc) is 2.60. The van der Waals surface area contributed by atoms with E-state index in [-0.39, 0.29) is 6.04 Å². The van der Waals surface area contributed by atoms with Gasteiger partial charge in [0.2, 0.25) is 0 Å². The third-order valence-corrected chi connectivity index (χ3v) is 4.52. The fraction of sp³-hybridized carbons (Fsp3) is 0.429. The quantitative estimate of drug-likeness (QED) is 0.746. The first-order valence-corrected chi connectivity index (χ1v) is 8.83. The number of rotatable bonds is 9. The molecule has 0 aliphatic rings. The predicted octanol–water partition coefficient (Wildman–Crippen LogP) is 4.31. The fourth-order valence-electron chi connectivity index (χ4n) is 2.88. The van der Waals surface area contributed by atoms with Gasteiger partial charge in [-0.2, -0.15) is 0 Å². The van der Waals surface area contributed by atoms with Crippen LogP contribution in [0.4, 0.5) is 0 Å². The Balaban J connectivity index is 2.05. The van der Waals surface area contributed by atoms with Crippen LogP contribution in [0.5, 0.6) is 5.75 Å². The van der Waals surface area contributed by atoms with Crippen LogP contribution >= 0.6 is 0 Å². The largest absolute Gasteiger partial charge is 0.489 e. The summed E-state index contributed by atoms with van der Waals surface area (Å²) >= 11 is 0. The van der Waals surface area contributed by atoms with Gasteiger partial charge in [-0.05, 0) is 55.8 Å². The maximum Gasteiger partial charge on any atom is 0.120 e. The van der Waals surface area contributed by atoms with Crippen molar-refractivity contribution in [2.75, 3.05) is 20.1 Å². The van der Waals surface area contributed by atoms with E-state index >= 15 is 0 Å². The van der Waals surface area contributed by atoms with Gasteiger partial charge in [0.1, 0.15) is 12.4 Å². The molecule has 2 aromatic rings. The molecule has 1 atom stereocenters. The van der Waals surface area contributed by atoms with Crippen LogP contribution in [0.25, 0.3) is 0 Å². The van der Waals surface area contributed by atoms with Crippen molar-refractivity contribution in [3.63, 3.8) is 0 Å². The lowest BCUT2D eigenvalue weighted by molar-refractivity contribution is 0.245. The molecule has 0 spiro atoms. The lowest BCUT2D eigenvalue weighted by Gasteiger charge is -2.27. The smallest absolute Gasteiger partial charge is 0.120 e. The van der Waals surface area contributed by atoms with Crippen LogP contribution in [-0.4, -0.2) is 25.0 Å². The predicted molar refractivity (Wildman–Crippen MR) is 101 cm³/mol. The van der Waals surface area contributed by atoms with Gasteiger partial charge in [-0.3, -0.25) is 4.90 Å². The molecule has 0 fully saturated rings. The van der Waals surface area contributed by atoms with Gasteiger partial charge in [0.25, 0.3) is 0 Å². The third kappa shape index (κ3) is 5.08. The Hall–Kier alpha value is -1.84. The highest BCUT2D eigenvalue weighted by Crippen LogP contribution is 2.24. The third-order valence-electron chi connectivity index (χ3n) is 4.52. The van der Waals surface area contributed by atoms with Gasteiger partial charge in [0.05, 0.1) is 0 Å². The van der Waals surface area contributed by atoms with Crippen molar-refractivity contribution in [1.29, 1.82) is 0 Å². The molecule has 2 aromatic carbocycles. The first kappa shape index (κ1) is 18.5. The van der Waals surface area contributed by atoms with Crippen LogP contribution in [0.15, 0.2) is 48.5 Å². The topological polar surface area (TPSA) is 38.5 Å². The van der Waals surface area contributed by atoms with Crippen LogP contribution < -0.4 is 10.5 Å². The number of benzene rings is 2. The number of aryl methyl sites for hydroxylation is 1. The Morgan fingerprint density at radius 2 is 1.92 bits per heavy atom. The summed E-state index contributed by atoms with van der Waals surface area (Å²) in [6.45, 7) is 6.59. The minimum absolute atomic E-state index is 0.235. The van der Waals surface area contributed by atoms with Gasteiger partial charge < -0.3 is 10.5 Å². The first-order chi connectivity index (χ1) is 11.7. The summed E-state index contributed by atoms with van der Waals surface area (Å²) in [5.74, 6) is 0.901. The van der Waals surface area contributed by atoms with Gasteiger partial charge in [-0.25, -0.2) is 0 Å². The van der Waals surface area contributed by atoms with Crippen molar-refractivity contribution in [2.24, 2.45) is 5.73 Å². The number of hydrogen-bond donors (Lipinski definition) is 1. The number of unbranched alkanes of at least 4 members (excludes halogenated alkanes) is 1. The zero-order valence-electron chi connectivity index (χ0n) is 15.2. The van der Waals surface area contributed by atoms with Gasteiger partial charge >= 0.3 is 0 Å². The van der Waals surface area contributed by atoms with E-state index in [0.29, 0.717) is 13.2 Å². The molecule has 130 valence electrons. The lowest BCUT2D eigenvalue weighted by Crippen LogP contribution is -2.31. The van der Waals surface area contributed by atoms with Crippen molar-refractivity contribution in [3.8, 4) is 5.75 Å². The van der Waals surface area contributed by atoms with E-state index in [4.69, 9.17) is 10.5 Å². The Kier molecular flexibility index (Phi) is 7.29. The molecule has 0 amide bonds. The SMILES string of the molecule is CCCCN(C)C(CN)c1cccc(OCc2ccccc2C)c1. The fourth-order valence-corrected chi connectivity index (χ4v) is 2.88. The molecule has 3 heteroatoms. The van der Waals surface area contributed by atoms with Crippen LogP contribution in [0.3, 0.4) is 0 Å². The Morgan fingerprint density at radius 1 is 1.12 bits per heavy atom. The summed E-state index contributed by atoms with van der Waals surface area (Å²) in [4.78, 5) is 2.34. The summed E-state index contributed by atoms with van der Waals surface area (Å²) < 4.78 is 6.01. The Labute approximate surface area is 146 Å². The van der Waals surface area contributed by atoms with Crippen molar-refractivity contribution in [2.45, 2.75) is 39.3 Å². The van der Waals surface area contributed by atoms with E-state index in [1.807, 2.05) is 6.07 Å². The number of nitrogens with zero attached hydrogens (tertiary/aromatic N) is 1. The molecular formula is C21H30N2O. The molecule has 0 saturated carbocycles. The zero-order valence-corrected chi connectivity index (χ0v) is 15.2. The van der Waals surface area contributed by atoms with Gasteiger partial charge in [-0.1, -0.05) is 49.7 Å². The van der Waals surface area contributed by atoms with Gasteiger partial charge in [-0.15, -0.1) is 0 Å². The van der Waals surface area contributed by atoms with E-state index in [0.717, 1.165) is 12.3 Å². The van der Waals surface area contributed by atoms with Gasteiger partial charge in [0.15, 0.2) is 0 Å². The standard InChI is InChI=1S/C21H30N2O/c1-4-5-13-23(3)21(15-22)18-11-8-12-20(14-18)24-16-19-10-7-6-9-17(19)2/h6-12,14,21H,4-5,13,15-16,22H2,1-3H3. The molecule has 0 radical (unpaired) electrons. The maximum atomic E-state index is 6.03. The van der Waals surface area contributed by atoms with Crippen molar-refractivity contribution in [3.05, 3.63) is 65.2 Å². The highest BCUT2D eigenvalue weighted by Gasteiger charge is 2.15. The molecule has 24 heavy (non-hydrogen) atoms. The molecule has 2 N–H and O–H groups in total. The Morgan fingerprint density at radius 3 is 2.62 bits per heavy atom.